The number of aromatic hydroxyl groups is 1. The van der Waals surface area contributed by atoms with Gasteiger partial charge in [0, 0.05) is 23.0 Å². The van der Waals surface area contributed by atoms with Gasteiger partial charge in [-0.15, -0.1) is 0 Å². The highest BCUT2D eigenvalue weighted by Crippen LogP contribution is 2.56. The molecule has 0 radical (unpaired) electrons. The number of fused-ring (bicyclic) bond motifs is 3. The van der Waals surface area contributed by atoms with E-state index in [1.165, 1.54) is 6.07 Å². The summed E-state index contributed by atoms with van der Waals surface area (Å²) in [4.78, 5) is 16.4. The van der Waals surface area contributed by atoms with Crippen molar-refractivity contribution in [2.75, 3.05) is 0 Å². The summed E-state index contributed by atoms with van der Waals surface area (Å²) in [5.74, 6) is 1.85. The maximum absolute atomic E-state index is 11.5. The molecule has 2 fully saturated rings. The molecular weight excluding hydrogens is 520 g/mol. The highest BCUT2D eigenvalue weighted by molar-refractivity contribution is 6.33. The van der Waals surface area contributed by atoms with Crippen molar-refractivity contribution in [1.29, 1.82) is 0 Å². The molecule has 0 atom stereocenters. The summed E-state index contributed by atoms with van der Waals surface area (Å²) in [5, 5.41) is 24.1. The van der Waals surface area contributed by atoms with Gasteiger partial charge in [-0.25, -0.2) is 9.78 Å². The number of aryl methyl sites for hydroxylation is 1. The van der Waals surface area contributed by atoms with Crippen LogP contribution in [0.1, 0.15) is 70.1 Å². The lowest BCUT2D eigenvalue weighted by molar-refractivity contribution is 0.0696. The van der Waals surface area contributed by atoms with E-state index in [9.17, 15) is 15.0 Å². The van der Waals surface area contributed by atoms with Gasteiger partial charge < -0.3 is 24.2 Å². The third kappa shape index (κ3) is 4.19. The topological polar surface area (TPSA) is 115 Å². The van der Waals surface area contributed by atoms with Gasteiger partial charge in [-0.05, 0) is 80.5 Å². The first-order chi connectivity index (χ1) is 18.8. The van der Waals surface area contributed by atoms with Crippen molar-refractivity contribution in [3.05, 3.63) is 81.2 Å². The number of phenols is 1. The molecule has 2 N–H and O–H groups in total. The molecule has 7 rings (SSSR count). The number of carboxylic acid groups (broad SMARTS) is 1. The lowest BCUT2D eigenvalue weighted by atomic mass is 9.92. The van der Waals surface area contributed by atoms with Crippen molar-refractivity contribution in [2.45, 2.75) is 57.0 Å². The van der Waals surface area contributed by atoms with E-state index in [2.05, 4.69) is 5.16 Å². The fourth-order valence-electron chi connectivity index (χ4n) is 5.53. The van der Waals surface area contributed by atoms with Crippen molar-refractivity contribution in [2.24, 2.45) is 0 Å². The molecule has 198 valence electrons. The molecule has 0 unspecified atom stereocenters. The number of nitrogens with zero attached hydrogens (tertiary/aromatic N) is 2. The number of aromatic carboxylic acids is 1. The third-order valence-electron chi connectivity index (χ3n) is 7.89. The first kappa shape index (κ1) is 24.0. The van der Waals surface area contributed by atoms with Crippen LogP contribution in [0.2, 0.25) is 5.02 Å². The number of carboxylic acids is 1. The molecule has 2 aromatic heterocycles. The molecule has 1 spiro atoms. The summed E-state index contributed by atoms with van der Waals surface area (Å²) in [6.07, 6.45) is 4.74. The van der Waals surface area contributed by atoms with E-state index in [1.807, 2.05) is 19.1 Å². The zero-order valence-corrected chi connectivity index (χ0v) is 21.9. The number of phenolic OH excluding ortho intramolecular Hbond substituents is 1. The Morgan fingerprint density at radius 1 is 1.15 bits per heavy atom. The van der Waals surface area contributed by atoms with E-state index in [1.54, 1.807) is 24.3 Å². The van der Waals surface area contributed by atoms with Crippen LogP contribution in [0.25, 0.3) is 11.3 Å². The number of hydrogen-bond donors (Lipinski definition) is 2. The Morgan fingerprint density at radius 3 is 2.69 bits per heavy atom. The van der Waals surface area contributed by atoms with Crippen molar-refractivity contribution >= 4 is 17.6 Å². The fourth-order valence-corrected chi connectivity index (χ4v) is 5.88. The van der Waals surface area contributed by atoms with Crippen LogP contribution < -0.4 is 9.47 Å². The second-order valence-corrected chi connectivity index (χ2v) is 11.1. The summed E-state index contributed by atoms with van der Waals surface area (Å²) in [5.41, 5.74) is 4.79. The minimum absolute atomic E-state index is 0.0942. The molecule has 0 bridgehead atoms. The SMILES string of the molecule is Cc1cc(O)cc(Cl)c1-c1noc(C2CC2)c1COc1ccc2c(n1)C1(CC1)Cc1ccc(C(=O)O)cc1O2. The largest absolute Gasteiger partial charge is 0.508 e. The monoisotopic (exact) mass is 544 g/mol. The van der Waals surface area contributed by atoms with E-state index in [0.717, 1.165) is 60.2 Å². The number of pyridine rings is 1. The van der Waals surface area contributed by atoms with Crippen LogP contribution in [0.5, 0.6) is 23.1 Å². The molecule has 39 heavy (non-hydrogen) atoms. The van der Waals surface area contributed by atoms with Crippen LogP contribution in [0.4, 0.5) is 0 Å². The van der Waals surface area contributed by atoms with Crippen molar-refractivity contribution in [1.82, 2.24) is 10.1 Å². The number of halogens is 1. The van der Waals surface area contributed by atoms with Gasteiger partial charge in [0.25, 0.3) is 0 Å². The van der Waals surface area contributed by atoms with Gasteiger partial charge in [0.1, 0.15) is 35.3 Å². The van der Waals surface area contributed by atoms with Crippen molar-refractivity contribution < 1.29 is 29.0 Å². The van der Waals surface area contributed by atoms with E-state index >= 15 is 0 Å². The molecule has 3 heterocycles. The first-order valence-corrected chi connectivity index (χ1v) is 13.4. The summed E-state index contributed by atoms with van der Waals surface area (Å²) in [6, 6.07) is 11.8. The van der Waals surface area contributed by atoms with Crippen LogP contribution in [-0.4, -0.2) is 26.3 Å². The Hall–Kier alpha value is -4.04. The Labute approximate surface area is 229 Å². The molecule has 2 aromatic carbocycles. The number of aromatic nitrogens is 2. The normalized spacial score (nSPS) is 16.7. The maximum atomic E-state index is 11.5. The van der Waals surface area contributed by atoms with Crippen LogP contribution in [-0.2, 0) is 18.4 Å². The number of rotatable bonds is 6. The van der Waals surface area contributed by atoms with Crippen LogP contribution >= 0.6 is 11.6 Å². The lowest BCUT2D eigenvalue weighted by Gasteiger charge is -2.15. The molecule has 0 saturated heterocycles. The Balaban J connectivity index is 1.21. The molecule has 9 heteroatoms. The standard InChI is InChI=1S/C30H25ClN2O6/c1-15-10-19(34)12-21(31)25(15)26-20(27(39-33-26)16-2-3-16)14-37-24-7-6-22-28(32-24)30(8-9-30)13-18-5-4-17(29(35)36)11-23(18)38-22/h4-7,10-12,16,34H,2-3,8-9,13-14H2,1H3,(H,35,36). The molecular formula is C30H25ClN2O6. The summed E-state index contributed by atoms with van der Waals surface area (Å²) in [6.45, 7) is 2.07. The molecule has 8 nitrogen and oxygen atoms in total. The zero-order valence-electron chi connectivity index (χ0n) is 21.2. The van der Waals surface area contributed by atoms with Gasteiger partial charge in [-0.3, -0.25) is 0 Å². The Kier molecular flexibility index (Phi) is 5.39. The Morgan fingerprint density at radius 2 is 1.97 bits per heavy atom. The smallest absolute Gasteiger partial charge is 0.335 e. The molecule has 1 aliphatic heterocycles. The molecule has 4 aromatic rings. The lowest BCUT2D eigenvalue weighted by Crippen LogP contribution is -2.12. The van der Waals surface area contributed by atoms with E-state index in [0.29, 0.717) is 39.6 Å². The predicted molar refractivity (Wildman–Crippen MR) is 142 cm³/mol. The maximum Gasteiger partial charge on any atom is 0.335 e. The Bertz CT molecular complexity index is 1630. The minimum Gasteiger partial charge on any atom is -0.508 e. The number of benzene rings is 2. The number of carbonyl (C=O) groups is 1. The number of ether oxygens (including phenoxy) is 2. The van der Waals surface area contributed by atoms with E-state index < -0.39 is 5.97 Å². The zero-order chi connectivity index (χ0) is 26.9. The van der Waals surface area contributed by atoms with Gasteiger partial charge in [0.05, 0.1) is 21.8 Å². The average Bonchev–Trinajstić information content (AvgIpc) is 3.83. The average molecular weight is 545 g/mol. The van der Waals surface area contributed by atoms with E-state index in [-0.39, 0.29) is 23.3 Å². The molecule has 2 saturated carbocycles. The van der Waals surface area contributed by atoms with Gasteiger partial charge in [0.2, 0.25) is 5.88 Å². The fraction of sp³-hybridized carbons (Fsp3) is 0.300. The van der Waals surface area contributed by atoms with Gasteiger partial charge >= 0.3 is 5.97 Å². The van der Waals surface area contributed by atoms with Gasteiger partial charge in [-0.2, -0.15) is 0 Å². The first-order valence-electron chi connectivity index (χ1n) is 13.0. The molecule has 0 amide bonds. The predicted octanol–water partition coefficient (Wildman–Crippen LogP) is 6.94. The second kappa shape index (κ2) is 8.74. The van der Waals surface area contributed by atoms with Gasteiger partial charge in [-0.1, -0.05) is 22.8 Å². The van der Waals surface area contributed by atoms with Crippen molar-refractivity contribution in [3.63, 3.8) is 0 Å². The highest BCUT2D eigenvalue weighted by atomic mass is 35.5. The molecule has 3 aliphatic rings. The quantitative estimate of drug-likeness (QED) is 0.268. The van der Waals surface area contributed by atoms with Crippen LogP contribution in [0.3, 0.4) is 0 Å². The minimum atomic E-state index is -0.990. The number of hydrogen-bond acceptors (Lipinski definition) is 7. The second-order valence-electron chi connectivity index (χ2n) is 10.7. The van der Waals surface area contributed by atoms with E-state index in [4.69, 9.17) is 30.6 Å². The van der Waals surface area contributed by atoms with Gasteiger partial charge in [0.15, 0.2) is 0 Å². The highest BCUT2D eigenvalue weighted by Gasteiger charge is 2.49. The summed E-state index contributed by atoms with van der Waals surface area (Å²) in [7, 11) is 0. The van der Waals surface area contributed by atoms with Crippen molar-refractivity contribution in [3.8, 4) is 34.4 Å². The molecule has 2 aliphatic carbocycles. The summed E-state index contributed by atoms with van der Waals surface area (Å²) < 4.78 is 18.2. The third-order valence-corrected chi connectivity index (χ3v) is 8.19. The van der Waals surface area contributed by atoms with Crippen LogP contribution in [0.15, 0.2) is 47.0 Å². The van der Waals surface area contributed by atoms with Crippen LogP contribution in [0, 0.1) is 6.92 Å². The summed E-state index contributed by atoms with van der Waals surface area (Å²) >= 11 is 6.52.